The van der Waals surface area contributed by atoms with Crippen LogP contribution in [-0.2, 0) is 0 Å². The van der Waals surface area contributed by atoms with E-state index < -0.39 is 0 Å². The van der Waals surface area contributed by atoms with Crippen molar-refractivity contribution >= 4 is 33.2 Å². The lowest BCUT2D eigenvalue weighted by Crippen LogP contribution is -2.48. The molecule has 2 rings (SSSR count). The minimum Gasteiger partial charge on any atom is -0.352 e. The highest BCUT2D eigenvalue weighted by Gasteiger charge is 2.17. The van der Waals surface area contributed by atoms with Crippen molar-refractivity contribution in [3.05, 3.63) is 20.8 Å². The van der Waals surface area contributed by atoms with Gasteiger partial charge >= 0.3 is 0 Å². The molecule has 0 spiro atoms. The smallest absolute Gasteiger partial charge is 0.252 e. The van der Waals surface area contributed by atoms with Crippen molar-refractivity contribution in [3.8, 4) is 0 Å². The number of hydrogen-bond donors (Lipinski definition) is 2. The lowest BCUT2D eigenvalue weighted by molar-refractivity contribution is 0.0942. The van der Waals surface area contributed by atoms with Crippen molar-refractivity contribution in [2.45, 2.75) is 0 Å². The van der Waals surface area contributed by atoms with Gasteiger partial charge in [-0.3, -0.25) is 4.79 Å². The van der Waals surface area contributed by atoms with Gasteiger partial charge in [-0.1, -0.05) is 0 Å². The zero-order valence-electron chi connectivity index (χ0n) is 7.55. The number of rotatable bonds is 3. The van der Waals surface area contributed by atoms with E-state index in [1.807, 2.05) is 11.4 Å². The van der Waals surface area contributed by atoms with E-state index in [1.165, 1.54) is 11.3 Å². The molecule has 1 amide bonds. The molecule has 0 atom stereocenters. The summed E-state index contributed by atoms with van der Waals surface area (Å²) in [5.74, 6) is 0.639. The molecular weight excluding hydrogens is 264 g/mol. The van der Waals surface area contributed by atoms with Gasteiger partial charge in [0.1, 0.15) is 0 Å². The van der Waals surface area contributed by atoms with Crippen LogP contribution in [0.5, 0.6) is 0 Å². The Balaban J connectivity index is 1.82. The fourth-order valence-electron chi connectivity index (χ4n) is 1.26. The third kappa shape index (κ3) is 2.34. The van der Waals surface area contributed by atoms with Crippen molar-refractivity contribution in [1.29, 1.82) is 0 Å². The number of carbonyl (C=O) groups excluding carboxylic acids is 1. The third-order valence-electron chi connectivity index (χ3n) is 2.25. The highest BCUT2D eigenvalue weighted by Crippen LogP contribution is 2.20. The number of amides is 1. The number of carbonyl (C=O) groups is 1. The molecule has 0 bridgehead atoms. The quantitative estimate of drug-likeness (QED) is 0.877. The van der Waals surface area contributed by atoms with E-state index in [9.17, 15) is 4.79 Å². The highest BCUT2D eigenvalue weighted by atomic mass is 79.9. The van der Waals surface area contributed by atoms with Gasteiger partial charge in [-0.15, -0.1) is 11.3 Å². The van der Waals surface area contributed by atoms with Gasteiger partial charge in [0.05, 0.1) is 9.35 Å². The molecule has 1 aliphatic heterocycles. The maximum Gasteiger partial charge on any atom is 0.252 e. The SMILES string of the molecule is O=C(NCC1CNC1)c1csc(Br)c1. The number of nitrogens with one attached hydrogen (secondary N) is 2. The van der Waals surface area contributed by atoms with E-state index in [1.54, 1.807) is 0 Å². The van der Waals surface area contributed by atoms with Crippen molar-refractivity contribution in [2.75, 3.05) is 19.6 Å². The van der Waals surface area contributed by atoms with E-state index in [4.69, 9.17) is 0 Å². The van der Waals surface area contributed by atoms with Gasteiger partial charge in [-0.2, -0.15) is 0 Å². The Labute approximate surface area is 95.0 Å². The van der Waals surface area contributed by atoms with Crippen LogP contribution in [0.15, 0.2) is 15.2 Å². The van der Waals surface area contributed by atoms with Gasteiger partial charge in [0, 0.05) is 30.9 Å². The standard InChI is InChI=1S/C9H11BrN2OS/c10-8-1-7(5-14-8)9(13)12-4-6-2-11-3-6/h1,5-6,11H,2-4H2,(H,12,13). The number of thiophene rings is 1. The Morgan fingerprint density at radius 2 is 2.50 bits per heavy atom. The summed E-state index contributed by atoms with van der Waals surface area (Å²) >= 11 is 4.86. The molecule has 5 heteroatoms. The molecule has 0 saturated carbocycles. The monoisotopic (exact) mass is 274 g/mol. The van der Waals surface area contributed by atoms with Crippen molar-refractivity contribution in [2.24, 2.45) is 5.92 Å². The summed E-state index contributed by atoms with van der Waals surface area (Å²) in [5.41, 5.74) is 0.745. The molecule has 0 aliphatic carbocycles. The summed E-state index contributed by atoms with van der Waals surface area (Å²) in [6.07, 6.45) is 0. The van der Waals surface area contributed by atoms with Gasteiger partial charge in [0.15, 0.2) is 0 Å². The number of hydrogen-bond acceptors (Lipinski definition) is 3. The minimum atomic E-state index is 0.0267. The predicted octanol–water partition coefficient (Wildman–Crippen LogP) is 1.46. The molecule has 1 aromatic heterocycles. The zero-order valence-corrected chi connectivity index (χ0v) is 9.95. The van der Waals surface area contributed by atoms with E-state index in [-0.39, 0.29) is 5.91 Å². The second-order valence-electron chi connectivity index (χ2n) is 3.37. The first-order valence-electron chi connectivity index (χ1n) is 4.48. The maximum absolute atomic E-state index is 11.6. The molecule has 1 fully saturated rings. The van der Waals surface area contributed by atoms with Crippen LogP contribution in [-0.4, -0.2) is 25.5 Å². The molecule has 2 N–H and O–H groups in total. The summed E-state index contributed by atoms with van der Waals surface area (Å²) in [5, 5.41) is 7.95. The summed E-state index contributed by atoms with van der Waals surface area (Å²) in [4.78, 5) is 11.6. The molecule has 0 aromatic carbocycles. The Kier molecular flexibility index (Phi) is 3.20. The van der Waals surface area contributed by atoms with Crippen molar-refractivity contribution < 1.29 is 4.79 Å². The molecule has 3 nitrogen and oxygen atoms in total. The average molecular weight is 275 g/mol. The third-order valence-corrected chi connectivity index (χ3v) is 3.75. The fraction of sp³-hybridized carbons (Fsp3) is 0.444. The summed E-state index contributed by atoms with van der Waals surface area (Å²) in [6, 6.07) is 1.85. The van der Waals surface area contributed by atoms with Crippen LogP contribution in [0.4, 0.5) is 0 Å². The van der Waals surface area contributed by atoms with Crippen LogP contribution in [0.2, 0.25) is 0 Å². The van der Waals surface area contributed by atoms with Crippen LogP contribution < -0.4 is 10.6 Å². The van der Waals surface area contributed by atoms with Crippen LogP contribution in [0.25, 0.3) is 0 Å². The minimum absolute atomic E-state index is 0.0267. The molecule has 14 heavy (non-hydrogen) atoms. The molecule has 76 valence electrons. The highest BCUT2D eigenvalue weighted by molar-refractivity contribution is 9.11. The molecule has 2 heterocycles. The van der Waals surface area contributed by atoms with Crippen LogP contribution in [0.3, 0.4) is 0 Å². The van der Waals surface area contributed by atoms with Gasteiger partial charge in [-0.05, 0) is 22.0 Å². The molecule has 1 saturated heterocycles. The summed E-state index contributed by atoms with van der Waals surface area (Å²) in [6.45, 7) is 2.82. The molecule has 1 aromatic rings. The Hall–Kier alpha value is -0.390. The largest absolute Gasteiger partial charge is 0.352 e. The normalized spacial score (nSPS) is 16.4. The van der Waals surface area contributed by atoms with E-state index in [0.29, 0.717) is 5.92 Å². The molecule has 1 aliphatic rings. The fourth-order valence-corrected chi connectivity index (χ4v) is 2.40. The van der Waals surface area contributed by atoms with Crippen molar-refractivity contribution in [3.63, 3.8) is 0 Å². The lowest BCUT2D eigenvalue weighted by atomic mass is 10.0. The second-order valence-corrected chi connectivity index (χ2v) is 5.66. The molecular formula is C9H11BrN2OS. The molecule has 0 unspecified atom stereocenters. The zero-order chi connectivity index (χ0) is 9.97. The predicted molar refractivity (Wildman–Crippen MR) is 60.7 cm³/mol. The van der Waals surface area contributed by atoms with Crippen LogP contribution in [0, 0.1) is 5.92 Å². The Morgan fingerprint density at radius 1 is 1.71 bits per heavy atom. The van der Waals surface area contributed by atoms with Gasteiger partial charge < -0.3 is 10.6 Å². The first-order chi connectivity index (χ1) is 6.75. The first kappa shape index (κ1) is 10.1. The first-order valence-corrected chi connectivity index (χ1v) is 6.16. The topological polar surface area (TPSA) is 41.1 Å². The van der Waals surface area contributed by atoms with E-state index >= 15 is 0 Å². The Bertz CT molecular complexity index is 335. The van der Waals surface area contributed by atoms with Gasteiger partial charge in [-0.25, -0.2) is 0 Å². The van der Waals surface area contributed by atoms with Gasteiger partial charge in [0.2, 0.25) is 0 Å². The second kappa shape index (κ2) is 4.42. The summed E-state index contributed by atoms with van der Waals surface area (Å²) < 4.78 is 0.993. The average Bonchev–Trinajstić information content (AvgIpc) is 2.49. The molecule has 0 radical (unpaired) electrons. The van der Waals surface area contributed by atoms with Crippen LogP contribution >= 0.6 is 27.3 Å². The van der Waals surface area contributed by atoms with E-state index in [0.717, 1.165) is 29.0 Å². The van der Waals surface area contributed by atoms with E-state index in [2.05, 4.69) is 26.6 Å². The van der Waals surface area contributed by atoms with Crippen molar-refractivity contribution in [1.82, 2.24) is 10.6 Å². The van der Waals surface area contributed by atoms with Gasteiger partial charge in [0.25, 0.3) is 5.91 Å². The number of halogens is 1. The maximum atomic E-state index is 11.6. The van der Waals surface area contributed by atoms with Crippen LogP contribution in [0.1, 0.15) is 10.4 Å². The lowest BCUT2D eigenvalue weighted by Gasteiger charge is -2.26. The Morgan fingerprint density at radius 3 is 3.00 bits per heavy atom. The summed E-state index contributed by atoms with van der Waals surface area (Å²) in [7, 11) is 0.